The molecule has 0 unspecified atom stereocenters. The molecule has 0 aliphatic heterocycles. The number of ether oxygens (including phenoxy) is 2. The molecule has 0 bridgehead atoms. The van der Waals surface area contributed by atoms with Crippen LogP contribution < -0.4 is 29.6 Å². The first-order chi connectivity index (χ1) is 19.1. The maximum atomic E-state index is 12.5. The molecule has 13 nitrogen and oxygen atoms in total. The van der Waals surface area contributed by atoms with E-state index in [9.17, 15) is 44.0 Å². The Morgan fingerprint density at radius 2 is 1.10 bits per heavy atom. The van der Waals surface area contributed by atoms with Gasteiger partial charge in [-0.1, -0.05) is 28.1 Å². The standard InChI is InChI=1S/C21H16BrF4N5O8S2/c22-11-7-16(28-20(32)30-40(34,35)14-5-1-3-12(9-14)38-18(23)24)27-17(8-11)29-21(33)31-41(36,37)15-6-2-4-13(10-15)39-19(25)26/h1-10,18-19H,(H4,27,28,29,30,31,32,33). The predicted molar refractivity (Wildman–Crippen MR) is 137 cm³/mol. The summed E-state index contributed by atoms with van der Waals surface area (Å²) in [6.07, 6.45) is 0. The van der Waals surface area contributed by atoms with E-state index in [0.29, 0.717) is 0 Å². The van der Waals surface area contributed by atoms with Crippen LogP contribution >= 0.6 is 15.9 Å². The van der Waals surface area contributed by atoms with Crippen LogP contribution in [0.25, 0.3) is 0 Å². The van der Waals surface area contributed by atoms with Crippen LogP contribution in [0.15, 0.2) is 74.9 Å². The summed E-state index contributed by atoms with van der Waals surface area (Å²) in [7, 11) is -9.11. The molecule has 0 spiro atoms. The maximum Gasteiger partial charge on any atom is 0.387 e. The summed E-state index contributed by atoms with van der Waals surface area (Å²) in [6.45, 7) is -6.42. The van der Waals surface area contributed by atoms with Crippen LogP contribution in [0.1, 0.15) is 0 Å². The fourth-order valence-electron chi connectivity index (χ4n) is 2.91. The number of aromatic nitrogens is 1. The minimum absolute atomic E-state index is 0.192. The molecule has 3 aromatic rings. The number of amides is 4. The Kier molecular flexibility index (Phi) is 9.94. The van der Waals surface area contributed by atoms with E-state index in [4.69, 9.17) is 0 Å². The van der Waals surface area contributed by atoms with Crippen molar-refractivity contribution in [3.63, 3.8) is 0 Å². The molecular weight excluding hydrogens is 670 g/mol. The molecule has 0 saturated heterocycles. The molecule has 1 heterocycles. The second kappa shape index (κ2) is 13.0. The third-order valence-corrected chi connectivity index (χ3v) is 7.52. The maximum absolute atomic E-state index is 12.5. The Morgan fingerprint density at radius 3 is 1.46 bits per heavy atom. The summed E-state index contributed by atoms with van der Waals surface area (Å²) < 4.78 is 111. The van der Waals surface area contributed by atoms with Gasteiger partial charge < -0.3 is 9.47 Å². The fourth-order valence-corrected chi connectivity index (χ4v) is 5.22. The first-order valence-electron chi connectivity index (χ1n) is 10.6. The van der Waals surface area contributed by atoms with Crippen molar-refractivity contribution in [1.29, 1.82) is 0 Å². The van der Waals surface area contributed by atoms with E-state index in [-0.39, 0.29) is 16.1 Å². The molecule has 3 rings (SSSR count). The Bertz CT molecular complexity index is 1550. The minimum Gasteiger partial charge on any atom is -0.435 e. The van der Waals surface area contributed by atoms with Gasteiger partial charge in [-0.05, 0) is 36.4 Å². The van der Waals surface area contributed by atoms with E-state index in [1.54, 1.807) is 9.44 Å². The third-order valence-electron chi connectivity index (χ3n) is 4.41. The zero-order valence-electron chi connectivity index (χ0n) is 19.8. The van der Waals surface area contributed by atoms with E-state index in [1.165, 1.54) is 12.1 Å². The van der Waals surface area contributed by atoms with Gasteiger partial charge in [0.2, 0.25) is 0 Å². The SMILES string of the molecule is O=C(Nc1cc(Br)cc(NC(=O)NS(=O)(=O)c2cccc(OC(F)F)c2)n1)NS(=O)(=O)c1cccc(OC(F)F)c1. The summed E-state index contributed by atoms with van der Waals surface area (Å²) in [5.74, 6) is -1.59. The molecule has 0 atom stereocenters. The summed E-state index contributed by atoms with van der Waals surface area (Å²) in [5.41, 5.74) is 0. The third kappa shape index (κ3) is 9.46. The number of benzene rings is 2. The van der Waals surface area contributed by atoms with Crippen molar-refractivity contribution >= 4 is 59.7 Å². The number of hydrogen-bond donors (Lipinski definition) is 4. The second-order valence-corrected chi connectivity index (χ2v) is 11.7. The van der Waals surface area contributed by atoms with Gasteiger partial charge >= 0.3 is 25.3 Å². The summed E-state index contributed by atoms with van der Waals surface area (Å²) in [5, 5.41) is 4.16. The highest BCUT2D eigenvalue weighted by molar-refractivity contribution is 9.10. The van der Waals surface area contributed by atoms with Crippen molar-refractivity contribution < 1.29 is 53.5 Å². The monoisotopic (exact) mass is 685 g/mol. The number of hydrogen-bond acceptors (Lipinski definition) is 9. The number of sulfonamides is 2. The number of pyridine rings is 1. The first-order valence-corrected chi connectivity index (χ1v) is 14.3. The van der Waals surface area contributed by atoms with Crippen LogP contribution in [-0.2, 0) is 20.0 Å². The normalized spacial score (nSPS) is 11.6. The van der Waals surface area contributed by atoms with E-state index < -0.39 is 66.6 Å². The Labute approximate surface area is 237 Å². The molecule has 0 fully saturated rings. The van der Waals surface area contributed by atoms with Crippen molar-refractivity contribution in [2.45, 2.75) is 23.0 Å². The van der Waals surface area contributed by atoms with E-state index >= 15 is 0 Å². The van der Waals surface area contributed by atoms with Gasteiger partial charge in [0, 0.05) is 16.6 Å². The molecule has 0 aliphatic carbocycles. The van der Waals surface area contributed by atoms with Crippen molar-refractivity contribution in [2.24, 2.45) is 0 Å². The average molecular weight is 686 g/mol. The second-order valence-electron chi connectivity index (χ2n) is 7.38. The molecule has 0 saturated carbocycles. The lowest BCUT2D eigenvalue weighted by Crippen LogP contribution is -2.35. The molecule has 4 N–H and O–H groups in total. The van der Waals surface area contributed by atoms with Gasteiger partial charge in [-0.15, -0.1) is 0 Å². The summed E-state index contributed by atoms with van der Waals surface area (Å²) in [4.78, 5) is 27.3. The van der Waals surface area contributed by atoms with Gasteiger partial charge in [-0.2, -0.15) is 17.6 Å². The number of nitrogens with zero attached hydrogens (tertiary/aromatic N) is 1. The number of urea groups is 2. The molecule has 4 amide bonds. The van der Waals surface area contributed by atoms with Gasteiger partial charge in [-0.25, -0.2) is 40.9 Å². The lowest BCUT2D eigenvalue weighted by Gasteiger charge is -2.12. The van der Waals surface area contributed by atoms with Crippen LogP contribution in [0.2, 0.25) is 0 Å². The van der Waals surface area contributed by atoms with Crippen LogP contribution in [-0.4, -0.2) is 47.1 Å². The quantitative estimate of drug-likeness (QED) is 0.229. The van der Waals surface area contributed by atoms with Gasteiger partial charge in [0.25, 0.3) is 20.0 Å². The van der Waals surface area contributed by atoms with Gasteiger partial charge in [0.1, 0.15) is 23.1 Å². The van der Waals surface area contributed by atoms with E-state index in [2.05, 4.69) is 41.0 Å². The molecule has 1 aromatic heterocycles. The lowest BCUT2D eigenvalue weighted by molar-refractivity contribution is -0.0506. The number of halogens is 5. The lowest BCUT2D eigenvalue weighted by atomic mass is 10.3. The highest BCUT2D eigenvalue weighted by Crippen LogP contribution is 2.22. The van der Waals surface area contributed by atoms with Gasteiger partial charge in [-0.3, -0.25) is 10.6 Å². The highest BCUT2D eigenvalue weighted by atomic mass is 79.9. The number of nitrogens with one attached hydrogen (secondary N) is 4. The molecule has 2 aromatic carbocycles. The zero-order chi connectivity index (χ0) is 30.4. The predicted octanol–water partition coefficient (Wildman–Crippen LogP) is 4.07. The molecule has 0 radical (unpaired) electrons. The molecular formula is C21H16BrF4N5O8S2. The average Bonchev–Trinajstić information content (AvgIpc) is 2.82. The van der Waals surface area contributed by atoms with Crippen molar-refractivity contribution in [2.75, 3.05) is 10.6 Å². The Hall–Kier alpha value is -4.17. The smallest absolute Gasteiger partial charge is 0.387 e. The minimum atomic E-state index is -4.56. The zero-order valence-corrected chi connectivity index (χ0v) is 23.1. The fraction of sp³-hybridized carbons (Fsp3) is 0.0952. The van der Waals surface area contributed by atoms with Crippen LogP contribution in [0, 0.1) is 0 Å². The molecule has 41 heavy (non-hydrogen) atoms. The van der Waals surface area contributed by atoms with Crippen LogP contribution in [0.4, 0.5) is 38.8 Å². The topological polar surface area (TPSA) is 182 Å². The first kappa shape index (κ1) is 31.4. The Morgan fingerprint density at radius 1 is 0.707 bits per heavy atom. The van der Waals surface area contributed by atoms with Crippen LogP contribution in [0.5, 0.6) is 11.5 Å². The number of carbonyl (C=O) groups is 2. The largest absolute Gasteiger partial charge is 0.435 e. The summed E-state index contributed by atoms with van der Waals surface area (Å²) >= 11 is 3.07. The number of anilines is 2. The van der Waals surface area contributed by atoms with E-state index in [1.807, 2.05) is 0 Å². The molecule has 0 aliphatic rings. The van der Waals surface area contributed by atoms with Crippen molar-refractivity contribution in [3.8, 4) is 11.5 Å². The van der Waals surface area contributed by atoms with Crippen molar-refractivity contribution in [1.82, 2.24) is 14.4 Å². The number of carbonyl (C=O) groups excluding carboxylic acids is 2. The Balaban J connectivity index is 1.68. The number of rotatable bonds is 10. The molecule has 220 valence electrons. The van der Waals surface area contributed by atoms with E-state index in [0.717, 1.165) is 48.5 Å². The summed E-state index contributed by atoms with van der Waals surface area (Å²) in [6, 6.07) is 7.63. The van der Waals surface area contributed by atoms with Crippen molar-refractivity contribution in [3.05, 3.63) is 65.1 Å². The molecule has 20 heteroatoms. The number of alkyl halides is 4. The highest BCUT2D eigenvalue weighted by Gasteiger charge is 2.21. The van der Waals surface area contributed by atoms with Gasteiger partial charge in [0.15, 0.2) is 0 Å². The van der Waals surface area contributed by atoms with Crippen LogP contribution in [0.3, 0.4) is 0 Å². The van der Waals surface area contributed by atoms with Gasteiger partial charge in [0.05, 0.1) is 9.79 Å².